The molecule has 2 saturated heterocycles. The molecule has 10 N–H and O–H groups in total. The second-order valence-corrected chi connectivity index (χ2v) is 23.3. The quantitative estimate of drug-likeness (QED) is 0.0360. The zero-order valence-electron chi connectivity index (χ0n) is 49.1. The van der Waals surface area contributed by atoms with Gasteiger partial charge in [-0.05, 0) is 141 Å². The van der Waals surface area contributed by atoms with E-state index in [0.29, 0.717) is 71.5 Å². The number of aliphatic hydroxyl groups excluding tert-OH is 5. The summed E-state index contributed by atoms with van der Waals surface area (Å²) in [6.07, 6.45) is 3.17. The normalized spacial score (nSPS) is 20.2. The fourth-order valence-electron chi connectivity index (χ4n) is 12.9. The molecule has 2 amide bonds. The van der Waals surface area contributed by atoms with Crippen molar-refractivity contribution < 1.29 is 48.7 Å². The molecule has 7 atom stereocenters. The number of furan rings is 1. The minimum Gasteiger partial charge on any atom is -0.451 e. The smallest absolute Gasteiger partial charge is 0.291 e. The van der Waals surface area contributed by atoms with Crippen LogP contribution >= 0.6 is 11.6 Å². The number of anilines is 4. The van der Waals surface area contributed by atoms with Gasteiger partial charge in [0.05, 0.1) is 29.5 Å². The predicted molar refractivity (Wildman–Crippen MR) is 340 cm³/mol. The Balaban J connectivity index is 0.000000174. The van der Waals surface area contributed by atoms with E-state index in [9.17, 15) is 39.5 Å². The van der Waals surface area contributed by atoms with Gasteiger partial charge < -0.3 is 70.1 Å². The molecule has 0 radical (unpaired) electrons. The van der Waals surface area contributed by atoms with E-state index in [1.54, 1.807) is 35.2 Å². The summed E-state index contributed by atoms with van der Waals surface area (Å²) in [4.78, 5) is 49.8. The van der Waals surface area contributed by atoms with Crippen molar-refractivity contribution in [2.45, 2.75) is 89.4 Å². The number of halogens is 2. The Hall–Kier alpha value is -8.31. The van der Waals surface area contributed by atoms with Crippen molar-refractivity contribution in [1.82, 2.24) is 29.7 Å². The number of rotatable bonds is 14. The Morgan fingerprint density at radius 1 is 0.864 bits per heavy atom. The largest absolute Gasteiger partial charge is 0.451 e. The van der Waals surface area contributed by atoms with E-state index in [2.05, 4.69) is 66.3 Å². The van der Waals surface area contributed by atoms with Gasteiger partial charge in [-0.1, -0.05) is 18.2 Å². The highest BCUT2D eigenvalue weighted by molar-refractivity contribution is 6.19. The standard InChI is InChI=1S/C41H39ClN6O5.C18H18FN3.C8H15NO4/c1-4-47(5-2)29-13-11-24-17-35(52-33(24)18-29)39(49)44-28-12-14-30-25(15-28)16-31(46-30)40(50)48-22-26(20-42)37-32(48)19-34(38-36(37)23(3)21-43-38)53-41(51)45-27-9-7-6-8-10-27;19-14-1-2-17-15(11-14)16-12-22(10-6-18(16)21-17)9-5-13-3-7-20-8-4-13;10-4-1-2-9-3-5(11)7(12)8(13)6(4)9/h6-19,21,26,41,43,45-46,51H,4-5,20,22H2,1-3H3,(H,44,49);1-4,7-8,11,21H,5-6,9-10,12H2;4-8,10-13H,1-3H2/t26-,41?;;4-,5-,6+,7+,8+/m1.0/s1. The molecule has 10 aromatic rings. The SMILES string of the molecule is CCN(CC)c1ccc2cc(C(=O)Nc3ccc4[nH]c(C(=O)N5C[C@@H](CCl)c6c5cc(OC(O)Nc5ccccc5)c5[nH]cc(C)c65)cc4c3)oc2c1.Fc1ccc2[nH]c3c(c2c1)CN(CCc1ccncc1)CC3.O[C@H]1[C@H](O)[C@@H](O)CN2CC[C@H](O)[C@H]12. The number of aryl methyl sites for hydroxylation is 1. The van der Waals surface area contributed by atoms with Crippen LogP contribution in [0, 0.1) is 12.7 Å². The Labute approximate surface area is 512 Å². The summed E-state index contributed by atoms with van der Waals surface area (Å²) in [5.74, 6) is 0.0147. The molecule has 5 aromatic heterocycles. The zero-order valence-corrected chi connectivity index (χ0v) is 49.8. The number of piperidine rings is 1. The highest BCUT2D eigenvalue weighted by Crippen LogP contribution is 2.47. The van der Waals surface area contributed by atoms with Gasteiger partial charge in [0.2, 0.25) is 0 Å². The number of ether oxygens (including phenoxy) is 1. The van der Waals surface area contributed by atoms with Crippen molar-refractivity contribution in [3.8, 4) is 5.75 Å². The van der Waals surface area contributed by atoms with Crippen LogP contribution in [0.2, 0.25) is 0 Å². The van der Waals surface area contributed by atoms with Crippen molar-refractivity contribution in [2.75, 3.05) is 72.1 Å². The number of aromatic nitrogens is 4. The molecule has 4 aliphatic heterocycles. The highest BCUT2D eigenvalue weighted by Gasteiger charge is 2.47. The van der Waals surface area contributed by atoms with Gasteiger partial charge in [0.15, 0.2) is 11.5 Å². The van der Waals surface area contributed by atoms with Crippen LogP contribution in [-0.4, -0.2) is 156 Å². The minimum absolute atomic E-state index is 0.123. The summed E-state index contributed by atoms with van der Waals surface area (Å²) in [6.45, 7) is 12.3. The lowest BCUT2D eigenvalue weighted by atomic mass is 9.93. The number of aliphatic hydroxyl groups is 5. The van der Waals surface area contributed by atoms with Crippen LogP contribution < -0.4 is 25.2 Å². The second kappa shape index (κ2) is 25.8. The monoisotopic (exact) mass is 1210 g/mol. The van der Waals surface area contributed by atoms with Crippen LogP contribution in [0.5, 0.6) is 5.75 Å². The number of carbonyl (C=O) groups is 2. The number of hydrogen-bond donors (Lipinski definition) is 10. The lowest BCUT2D eigenvalue weighted by Crippen LogP contribution is -2.61. The summed E-state index contributed by atoms with van der Waals surface area (Å²) in [7, 11) is 0. The number of benzene rings is 5. The number of aromatic amines is 3. The van der Waals surface area contributed by atoms with Gasteiger partial charge in [0.1, 0.15) is 29.3 Å². The number of amides is 2. The topological polar surface area (TPSA) is 255 Å². The molecule has 2 fully saturated rings. The molecule has 19 nitrogen and oxygen atoms in total. The van der Waals surface area contributed by atoms with Crippen LogP contribution in [0.1, 0.15) is 75.2 Å². The summed E-state index contributed by atoms with van der Waals surface area (Å²) in [5.41, 5.74) is 12.3. The third kappa shape index (κ3) is 12.3. The second-order valence-electron chi connectivity index (χ2n) is 23.0. The zero-order chi connectivity index (χ0) is 61.3. The summed E-state index contributed by atoms with van der Waals surface area (Å²) in [5, 5.41) is 58.1. The van der Waals surface area contributed by atoms with Crippen molar-refractivity contribution in [2.24, 2.45) is 0 Å². The molecule has 0 saturated carbocycles. The molecule has 0 spiro atoms. The molecule has 21 heteroatoms. The first-order chi connectivity index (χ1) is 42.6. The predicted octanol–water partition coefficient (Wildman–Crippen LogP) is 9.37. The molecule has 88 heavy (non-hydrogen) atoms. The van der Waals surface area contributed by atoms with E-state index in [4.69, 9.17) is 20.8 Å². The molecule has 1 unspecified atom stereocenters. The first-order valence-electron chi connectivity index (χ1n) is 29.9. The van der Waals surface area contributed by atoms with Gasteiger partial charge in [-0.3, -0.25) is 24.4 Å². The maximum atomic E-state index is 14.3. The van der Waals surface area contributed by atoms with E-state index in [1.807, 2.05) is 97.1 Å². The molecule has 9 heterocycles. The number of para-hydroxylation sites is 1. The van der Waals surface area contributed by atoms with E-state index >= 15 is 0 Å². The number of nitrogens with one attached hydrogen (secondary N) is 5. The van der Waals surface area contributed by atoms with Crippen molar-refractivity contribution in [1.29, 1.82) is 0 Å². The molecular formula is C67H72ClFN10O9. The van der Waals surface area contributed by atoms with Crippen LogP contribution in [0.3, 0.4) is 0 Å². The fraction of sp³-hybridized carbons (Fsp3) is 0.328. The third-order valence-corrected chi connectivity index (χ3v) is 17.8. The molecule has 4 aliphatic rings. The number of H-pyrrole nitrogens is 3. The van der Waals surface area contributed by atoms with Crippen molar-refractivity contribution >= 4 is 89.8 Å². The van der Waals surface area contributed by atoms with E-state index in [-0.39, 0.29) is 29.3 Å². The summed E-state index contributed by atoms with van der Waals surface area (Å²) in [6, 6.07) is 34.7. The molecule has 0 aliphatic carbocycles. The Morgan fingerprint density at radius 3 is 2.44 bits per heavy atom. The fourth-order valence-corrected chi connectivity index (χ4v) is 13.1. The van der Waals surface area contributed by atoms with E-state index in [1.165, 1.54) is 22.9 Å². The number of nitrogens with zero attached hydrogens (tertiary/aromatic N) is 5. The molecule has 14 rings (SSSR count). The Morgan fingerprint density at radius 2 is 1.66 bits per heavy atom. The van der Waals surface area contributed by atoms with Crippen LogP contribution in [-0.2, 0) is 19.4 Å². The lowest BCUT2D eigenvalue weighted by Gasteiger charge is -2.40. The van der Waals surface area contributed by atoms with Crippen molar-refractivity contribution in [3.63, 3.8) is 0 Å². The third-order valence-electron chi connectivity index (χ3n) is 17.5. The molecule has 0 bridgehead atoms. The highest BCUT2D eigenvalue weighted by atomic mass is 35.5. The average molecular weight is 1220 g/mol. The lowest BCUT2D eigenvalue weighted by molar-refractivity contribution is -0.140. The first-order valence-corrected chi connectivity index (χ1v) is 30.5. The van der Waals surface area contributed by atoms with Crippen LogP contribution in [0.15, 0.2) is 138 Å². The van der Waals surface area contributed by atoms with Gasteiger partial charge in [0.25, 0.3) is 18.2 Å². The maximum Gasteiger partial charge on any atom is 0.291 e. The number of alkyl halides is 1. The van der Waals surface area contributed by atoms with Crippen LogP contribution in [0.4, 0.5) is 27.1 Å². The molecule has 458 valence electrons. The minimum atomic E-state index is -1.35. The average Bonchev–Trinajstić information content (AvgIpc) is 1.70. The van der Waals surface area contributed by atoms with Crippen LogP contribution in [0.25, 0.3) is 43.7 Å². The van der Waals surface area contributed by atoms with Gasteiger partial charge in [0, 0.05) is 157 Å². The first kappa shape index (κ1) is 60.0. The Bertz CT molecular complexity index is 4120. The number of carbonyl (C=O) groups excluding carboxylic acids is 2. The number of pyridine rings is 1. The summed E-state index contributed by atoms with van der Waals surface area (Å²) >= 11 is 6.53. The molecule has 5 aromatic carbocycles. The van der Waals surface area contributed by atoms with Gasteiger partial charge in [-0.2, -0.15) is 0 Å². The van der Waals surface area contributed by atoms with E-state index in [0.717, 1.165) is 95.0 Å². The van der Waals surface area contributed by atoms with Gasteiger partial charge >= 0.3 is 0 Å². The van der Waals surface area contributed by atoms with Gasteiger partial charge in [-0.15, -0.1) is 11.6 Å². The molecular weight excluding hydrogens is 1140 g/mol. The van der Waals surface area contributed by atoms with Gasteiger partial charge in [-0.25, -0.2) is 4.39 Å². The summed E-state index contributed by atoms with van der Waals surface area (Å²) < 4.78 is 25.5. The van der Waals surface area contributed by atoms with E-state index < -0.39 is 36.9 Å². The Kier molecular flexibility index (Phi) is 17.6. The number of fused-ring (bicyclic) bond motifs is 9. The maximum absolute atomic E-state index is 14.3. The van der Waals surface area contributed by atoms with Crippen molar-refractivity contribution in [3.05, 3.63) is 179 Å². The number of hydrogen-bond acceptors (Lipinski definition) is 14.